The molecule has 1 heterocycles. The van der Waals surface area contributed by atoms with Crippen molar-refractivity contribution in [2.24, 2.45) is 0 Å². The van der Waals surface area contributed by atoms with Crippen LogP contribution in [0.1, 0.15) is 37.7 Å². The highest BCUT2D eigenvalue weighted by Gasteiger charge is 2.09. The summed E-state index contributed by atoms with van der Waals surface area (Å²) in [4.78, 5) is 8.83. The van der Waals surface area contributed by atoms with E-state index in [2.05, 4.69) is 35.7 Å². The molecule has 0 atom stereocenters. The molecule has 0 fully saturated rings. The number of hydrogen-bond acceptors (Lipinski definition) is 4. The SMILES string of the molecule is C=CCCOc1cnc(C(C)C)nc1CNC. The van der Waals surface area contributed by atoms with Crippen LogP contribution in [0.3, 0.4) is 0 Å². The fraction of sp³-hybridized carbons (Fsp3) is 0.538. The number of ether oxygens (including phenoxy) is 1. The number of nitrogens with one attached hydrogen (secondary N) is 1. The number of nitrogens with zero attached hydrogens (tertiary/aromatic N) is 2. The Hall–Kier alpha value is -1.42. The Morgan fingerprint density at radius 2 is 2.29 bits per heavy atom. The Labute approximate surface area is 103 Å². The van der Waals surface area contributed by atoms with E-state index in [1.165, 1.54) is 0 Å². The molecule has 0 unspecified atom stereocenters. The molecule has 1 N–H and O–H groups in total. The van der Waals surface area contributed by atoms with E-state index < -0.39 is 0 Å². The standard InChI is InChI=1S/C13H21N3O/c1-5-6-7-17-12-9-15-13(10(2)3)16-11(12)8-14-4/h5,9-10,14H,1,6-8H2,2-4H3. The third-order valence-corrected chi connectivity index (χ3v) is 2.29. The topological polar surface area (TPSA) is 47.0 Å². The molecule has 0 saturated heterocycles. The van der Waals surface area contributed by atoms with Crippen molar-refractivity contribution in [3.05, 3.63) is 30.4 Å². The van der Waals surface area contributed by atoms with E-state index in [-0.39, 0.29) is 0 Å². The van der Waals surface area contributed by atoms with Crippen LogP contribution < -0.4 is 10.1 Å². The van der Waals surface area contributed by atoms with Crippen LogP contribution in [0, 0.1) is 0 Å². The van der Waals surface area contributed by atoms with Crippen LogP contribution in [0.2, 0.25) is 0 Å². The number of hydrogen-bond donors (Lipinski definition) is 1. The van der Waals surface area contributed by atoms with Gasteiger partial charge in [0, 0.05) is 12.5 Å². The van der Waals surface area contributed by atoms with Gasteiger partial charge in [0.25, 0.3) is 0 Å². The van der Waals surface area contributed by atoms with Gasteiger partial charge in [-0.25, -0.2) is 9.97 Å². The van der Waals surface area contributed by atoms with Gasteiger partial charge in [-0.1, -0.05) is 19.9 Å². The third kappa shape index (κ3) is 4.15. The number of rotatable bonds is 7. The molecule has 0 amide bonds. The van der Waals surface area contributed by atoms with Crippen molar-refractivity contribution < 1.29 is 4.74 Å². The molecule has 0 aliphatic carbocycles. The summed E-state index contributed by atoms with van der Waals surface area (Å²) >= 11 is 0. The van der Waals surface area contributed by atoms with E-state index in [9.17, 15) is 0 Å². The smallest absolute Gasteiger partial charge is 0.160 e. The fourth-order valence-corrected chi connectivity index (χ4v) is 1.37. The molecule has 0 aromatic carbocycles. The minimum atomic E-state index is 0.327. The highest BCUT2D eigenvalue weighted by atomic mass is 16.5. The zero-order chi connectivity index (χ0) is 12.7. The Kier molecular flexibility index (Phi) is 5.63. The first-order chi connectivity index (χ1) is 8.19. The van der Waals surface area contributed by atoms with E-state index in [1.54, 1.807) is 6.20 Å². The van der Waals surface area contributed by atoms with Gasteiger partial charge in [-0.3, -0.25) is 0 Å². The molecule has 1 rings (SSSR count). The fourth-order valence-electron chi connectivity index (χ4n) is 1.37. The molecule has 0 radical (unpaired) electrons. The van der Waals surface area contributed by atoms with E-state index >= 15 is 0 Å². The van der Waals surface area contributed by atoms with Gasteiger partial charge < -0.3 is 10.1 Å². The first-order valence-electron chi connectivity index (χ1n) is 5.93. The van der Waals surface area contributed by atoms with Crippen molar-refractivity contribution >= 4 is 0 Å². The average Bonchev–Trinajstić information content (AvgIpc) is 2.31. The lowest BCUT2D eigenvalue weighted by molar-refractivity contribution is 0.317. The molecule has 0 aliphatic heterocycles. The second-order valence-electron chi connectivity index (χ2n) is 4.15. The second kappa shape index (κ2) is 7.01. The van der Waals surface area contributed by atoms with Gasteiger partial charge in [0.2, 0.25) is 0 Å². The maximum atomic E-state index is 5.63. The van der Waals surface area contributed by atoms with E-state index in [4.69, 9.17) is 4.74 Å². The molecule has 0 aliphatic rings. The summed E-state index contributed by atoms with van der Waals surface area (Å²) < 4.78 is 5.63. The van der Waals surface area contributed by atoms with Crippen molar-refractivity contribution in [3.63, 3.8) is 0 Å². The van der Waals surface area contributed by atoms with E-state index in [0.717, 1.165) is 23.7 Å². The molecule has 1 aromatic heterocycles. The van der Waals surface area contributed by atoms with Crippen LogP contribution in [-0.4, -0.2) is 23.6 Å². The maximum Gasteiger partial charge on any atom is 0.160 e. The molecule has 4 nitrogen and oxygen atoms in total. The zero-order valence-corrected chi connectivity index (χ0v) is 10.9. The van der Waals surface area contributed by atoms with Crippen molar-refractivity contribution in [1.82, 2.24) is 15.3 Å². The predicted molar refractivity (Wildman–Crippen MR) is 69.2 cm³/mol. The van der Waals surface area contributed by atoms with Gasteiger partial charge in [0.15, 0.2) is 5.75 Å². The summed E-state index contributed by atoms with van der Waals surface area (Å²) in [6.45, 7) is 9.13. The summed E-state index contributed by atoms with van der Waals surface area (Å²) in [5, 5.41) is 3.09. The predicted octanol–water partition coefficient (Wildman–Crippen LogP) is 2.27. The monoisotopic (exact) mass is 235 g/mol. The number of aromatic nitrogens is 2. The molecule has 0 saturated carbocycles. The van der Waals surface area contributed by atoms with Gasteiger partial charge in [0.1, 0.15) is 5.82 Å². The van der Waals surface area contributed by atoms with Crippen LogP contribution in [0.5, 0.6) is 5.75 Å². The third-order valence-electron chi connectivity index (χ3n) is 2.29. The Balaban J connectivity index is 2.83. The van der Waals surface area contributed by atoms with Crippen LogP contribution in [0.25, 0.3) is 0 Å². The van der Waals surface area contributed by atoms with Crippen LogP contribution in [-0.2, 0) is 6.54 Å². The van der Waals surface area contributed by atoms with E-state index in [1.807, 2.05) is 13.1 Å². The van der Waals surface area contributed by atoms with Gasteiger partial charge in [-0.2, -0.15) is 0 Å². The molecule has 94 valence electrons. The summed E-state index contributed by atoms with van der Waals surface area (Å²) in [7, 11) is 1.89. The highest BCUT2D eigenvalue weighted by Crippen LogP contribution is 2.18. The van der Waals surface area contributed by atoms with Crippen LogP contribution >= 0.6 is 0 Å². The molecule has 0 bridgehead atoms. The maximum absolute atomic E-state index is 5.63. The summed E-state index contributed by atoms with van der Waals surface area (Å²) in [6, 6.07) is 0. The van der Waals surface area contributed by atoms with Gasteiger partial charge in [-0.05, 0) is 13.5 Å². The van der Waals surface area contributed by atoms with Crippen molar-refractivity contribution in [1.29, 1.82) is 0 Å². The lowest BCUT2D eigenvalue weighted by Crippen LogP contribution is -2.12. The summed E-state index contributed by atoms with van der Waals surface area (Å²) in [5.74, 6) is 1.93. The highest BCUT2D eigenvalue weighted by molar-refractivity contribution is 5.25. The van der Waals surface area contributed by atoms with Crippen LogP contribution in [0.15, 0.2) is 18.9 Å². The zero-order valence-electron chi connectivity index (χ0n) is 10.9. The first-order valence-corrected chi connectivity index (χ1v) is 5.93. The normalized spacial score (nSPS) is 10.6. The van der Waals surface area contributed by atoms with Crippen molar-refractivity contribution in [3.8, 4) is 5.75 Å². The Bertz CT molecular complexity index is 364. The Morgan fingerprint density at radius 1 is 1.53 bits per heavy atom. The average molecular weight is 235 g/mol. The molecule has 17 heavy (non-hydrogen) atoms. The van der Waals surface area contributed by atoms with E-state index in [0.29, 0.717) is 19.1 Å². The second-order valence-corrected chi connectivity index (χ2v) is 4.15. The van der Waals surface area contributed by atoms with Gasteiger partial charge in [0.05, 0.1) is 18.5 Å². The lowest BCUT2D eigenvalue weighted by Gasteiger charge is -2.12. The van der Waals surface area contributed by atoms with Crippen LogP contribution in [0.4, 0.5) is 0 Å². The molecule has 1 aromatic rings. The summed E-state index contributed by atoms with van der Waals surface area (Å²) in [5.41, 5.74) is 0.912. The van der Waals surface area contributed by atoms with Gasteiger partial charge in [-0.15, -0.1) is 6.58 Å². The first kappa shape index (κ1) is 13.6. The summed E-state index contributed by atoms with van der Waals surface area (Å²) in [6.07, 6.45) is 4.42. The quantitative estimate of drug-likeness (QED) is 0.582. The van der Waals surface area contributed by atoms with Crippen molar-refractivity contribution in [2.45, 2.75) is 32.7 Å². The molecule has 4 heteroatoms. The minimum absolute atomic E-state index is 0.327. The Morgan fingerprint density at radius 3 is 2.88 bits per heavy atom. The molecular weight excluding hydrogens is 214 g/mol. The van der Waals surface area contributed by atoms with Crippen molar-refractivity contribution in [2.75, 3.05) is 13.7 Å². The lowest BCUT2D eigenvalue weighted by atomic mass is 10.2. The molecule has 0 spiro atoms. The largest absolute Gasteiger partial charge is 0.490 e. The van der Waals surface area contributed by atoms with Gasteiger partial charge >= 0.3 is 0 Å². The minimum Gasteiger partial charge on any atom is -0.490 e. The molecular formula is C13H21N3O.